The zero-order valence-electron chi connectivity index (χ0n) is 18.7. The molecule has 1 saturated heterocycles. The molecule has 34 heavy (non-hydrogen) atoms. The van der Waals surface area contributed by atoms with Gasteiger partial charge in [-0.05, 0) is 31.4 Å². The van der Waals surface area contributed by atoms with Crippen LogP contribution in [-0.2, 0) is 22.5 Å². The van der Waals surface area contributed by atoms with Gasteiger partial charge in [0.1, 0.15) is 5.65 Å². The van der Waals surface area contributed by atoms with Crippen molar-refractivity contribution < 1.29 is 9.53 Å². The van der Waals surface area contributed by atoms with Gasteiger partial charge in [-0.2, -0.15) is 0 Å². The summed E-state index contributed by atoms with van der Waals surface area (Å²) in [6.07, 6.45) is 6.69. The number of amides is 1. The number of aromatic amines is 1. The number of carbonyl (C=O) groups is 1. The summed E-state index contributed by atoms with van der Waals surface area (Å²) >= 11 is 6.22. The first-order valence-electron chi connectivity index (χ1n) is 11.7. The Morgan fingerprint density at radius 1 is 1.24 bits per heavy atom. The van der Waals surface area contributed by atoms with E-state index in [-0.39, 0.29) is 11.6 Å². The molecule has 10 heteroatoms. The first kappa shape index (κ1) is 21.4. The number of halogens is 1. The van der Waals surface area contributed by atoms with Crippen LogP contribution in [0.2, 0.25) is 5.02 Å². The largest absolute Gasteiger partial charge is 0.378 e. The average Bonchev–Trinajstić information content (AvgIpc) is 3.57. The number of pyridine rings is 2. The molecule has 0 aromatic carbocycles. The van der Waals surface area contributed by atoms with Crippen LogP contribution in [0.3, 0.4) is 0 Å². The summed E-state index contributed by atoms with van der Waals surface area (Å²) in [4.78, 5) is 40.0. The predicted octanol–water partition coefficient (Wildman–Crippen LogP) is 2.74. The Morgan fingerprint density at radius 3 is 2.85 bits per heavy atom. The van der Waals surface area contributed by atoms with E-state index in [4.69, 9.17) is 21.3 Å². The molecular formula is C24H25ClN6O3. The highest BCUT2D eigenvalue weighted by molar-refractivity contribution is 6.30. The quantitative estimate of drug-likeness (QED) is 0.457. The fraction of sp³-hybridized carbons (Fsp3) is 0.417. The summed E-state index contributed by atoms with van der Waals surface area (Å²) in [5, 5.41) is 0.587. The molecular weight excluding hydrogens is 456 g/mol. The summed E-state index contributed by atoms with van der Waals surface area (Å²) in [6, 6.07) is 5.44. The molecule has 0 unspecified atom stereocenters. The lowest BCUT2D eigenvalue weighted by Gasteiger charge is -2.26. The van der Waals surface area contributed by atoms with E-state index in [1.165, 1.54) is 0 Å². The van der Waals surface area contributed by atoms with E-state index in [1.54, 1.807) is 22.9 Å². The number of aromatic nitrogens is 5. The summed E-state index contributed by atoms with van der Waals surface area (Å²) in [7, 11) is 0. The SMILES string of the molecule is O=C(CCc1c(Cn2c(=O)[nH]c3ccnc(C4CC4)c32)nc2cc(Cl)ccn12)N1CCOCC1. The van der Waals surface area contributed by atoms with Crippen molar-refractivity contribution in [1.82, 2.24) is 28.8 Å². The van der Waals surface area contributed by atoms with E-state index in [9.17, 15) is 9.59 Å². The van der Waals surface area contributed by atoms with Gasteiger partial charge in [0.2, 0.25) is 5.91 Å². The summed E-state index contributed by atoms with van der Waals surface area (Å²) < 4.78 is 9.06. The molecule has 1 aliphatic carbocycles. The molecule has 1 saturated carbocycles. The van der Waals surface area contributed by atoms with Crippen LogP contribution in [0.5, 0.6) is 0 Å². The minimum atomic E-state index is -0.185. The third-order valence-electron chi connectivity index (χ3n) is 6.69. The lowest BCUT2D eigenvalue weighted by Crippen LogP contribution is -2.40. The summed E-state index contributed by atoms with van der Waals surface area (Å²) in [6.45, 7) is 2.69. The number of hydrogen-bond donors (Lipinski definition) is 1. The number of morpholine rings is 1. The van der Waals surface area contributed by atoms with Crippen molar-refractivity contribution >= 4 is 34.2 Å². The Hall–Kier alpha value is -3.17. The van der Waals surface area contributed by atoms with Gasteiger partial charge in [0.15, 0.2) is 0 Å². The average molecular weight is 481 g/mol. The van der Waals surface area contributed by atoms with Crippen molar-refractivity contribution in [1.29, 1.82) is 0 Å². The second-order valence-electron chi connectivity index (χ2n) is 8.95. The molecule has 6 rings (SSSR count). The standard InChI is InChI=1S/C24H25ClN6O3/c25-16-6-8-30-19(3-4-21(32)29-9-11-34-12-10-29)18(27-20(30)13-16)14-31-23-17(28-24(31)33)5-7-26-22(23)15-1-2-15/h5-8,13,15H,1-4,9-12,14H2,(H,28,33). The Bertz CT molecular complexity index is 1440. The normalized spacial score (nSPS) is 16.6. The monoisotopic (exact) mass is 480 g/mol. The number of nitrogens with zero attached hydrogens (tertiary/aromatic N) is 5. The number of ether oxygens (including phenoxy) is 1. The van der Waals surface area contributed by atoms with Gasteiger partial charge in [-0.1, -0.05) is 11.6 Å². The van der Waals surface area contributed by atoms with Gasteiger partial charge in [-0.3, -0.25) is 14.3 Å². The van der Waals surface area contributed by atoms with Gasteiger partial charge in [0, 0.05) is 54.6 Å². The van der Waals surface area contributed by atoms with Crippen molar-refractivity contribution in [3.05, 3.63) is 63.2 Å². The highest BCUT2D eigenvalue weighted by Gasteiger charge is 2.29. The van der Waals surface area contributed by atoms with Gasteiger partial charge in [0.05, 0.1) is 42.2 Å². The van der Waals surface area contributed by atoms with Gasteiger partial charge < -0.3 is 19.0 Å². The molecule has 0 spiro atoms. The highest BCUT2D eigenvalue weighted by Crippen LogP contribution is 2.41. The van der Waals surface area contributed by atoms with Gasteiger partial charge >= 0.3 is 5.69 Å². The molecule has 0 bridgehead atoms. The van der Waals surface area contributed by atoms with Crippen LogP contribution in [0.4, 0.5) is 0 Å². The number of hydrogen-bond acceptors (Lipinski definition) is 5. The number of H-pyrrole nitrogens is 1. The highest BCUT2D eigenvalue weighted by atomic mass is 35.5. The number of carbonyl (C=O) groups excluding carboxylic acids is 1. The first-order chi connectivity index (χ1) is 16.6. The zero-order chi connectivity index (χ0) is 23.2. The molecule has 2 aliphatic rings. The number of nitrogens with one attached hydrogen (secondary N) is 1. The molecule has 0 radical (unpaired) electrons. The lowest BCUT2D eigenvalue weighted by molar-refractivity contribution is -0.135. The zero-order valence-corrected chi connectivity index (χ0v) is 19.4. The molecule has 2 fully saturated rings. The van der Waals surface area contributed by atoms with Gasteiger partial charge in [-0.15, -0.1) is 0 Å². The fourth-order valence-corrected chi connectivity index (χ4v) is 4.96. The van der Waals surface area contributed by atoms with Crippen molar-refractivity contribution in [2.45, 2.75) is 38.1 Å². The van der Waals surface area contributed by atoms with E-state index in [0.29, 0.717) is 62.3 Å². The molecule has 176 valence electrons. The lowest BCUT2D eigenvalue weighted by atomic mass is 10.1. The van der Waals surface area contributed by atoms with Crippen LogP contribution in [0.15, 0.2) is 35.4 Å². The van der Waals surface area contributed by atoms with Crippen molar-refractivity contribution in [2.24, 2.45) is 0 Å². The van der Waals surface area contributed by atoms with E-state index in [1.807, 2.05) is 21.6 Å². The minimum Gasteiger partial charge on any atom is -0.378 e. The third-order valence-corrected chi connectivity index (χ3v) is 6.93. The van der Waals surface area contributed by atoms with E-state index in [2.05, 4.69) is 9.97 Å². The fourth-order valence-electron chi connectivity index (χ4n) is 4.80. The van der Waals surface area contributed by atoms with Crippen LogP contribution < -0.4 is 5.69 Å². The second kappa shape index (κ2) is 8.56. The maximum atomic E-state index is 12.9. The molecule has 9 nitrogen and oxygen atoms in total. The number of fused-ring (bicyclic) bond motifs is 2. The summed E-state index contributed by atoms with van der Waals surface area (Å²) in [5.41, 5.74) is 4.78. The Morgan fingerprint density at radius 2 is 2.06 bits per heavy atom. The Labute approximate surface area is 200 Å². The molecule has 4 aromatic heterocycles. The Balaban J connectivity index is 1.37. The van der Waals surface area contributed by atoms with E-state index >= 15 is 0 Å². The summed E-state index contributed by atoms with van der Waals surface area (Å²) in [5.74, 6) is 0.498. The van der Waals surface area contributed by atoms with Crippen LogP contribution in [0.1, 0.15) is 42.3 Å². The molecule has 1 N–H and O–H groups in total. The second-order valence-corrected chi connectivity index (χ2v) is 9.39. The van der Waals surface area contributed by atoms with Gasteiger partial charge in [-0.25, -0.2) is 9.78 Å². The van der Waals surface area contributed by atoms with E-state index < -0.39 is 0 Å². The molecule has 4 aromatic rings. The third kappa shape index (κ3) is 3.88. The van der Waals surface area contributed by atoms with Crippen molar-refractivity contribution in [3.63, 3.8) is 0 Å². The van der Waals surface area contributed by atoms with Crippen LogP contribution in [0.25, 0.3) is 16.7 Å². The van der Waals surface area contributed by atoms with Crippen LogP contribution in [-0.4, -0.2) is 61.0 Å². The number of rotatable bonds is 6. The smallest absolute Gasteiger partial charge is 0.326 e. The molecule has 1 amide bonds. The first-order valence-corrected chi connectivity index (χ1v) is 12.0. The maximum Gasteiger partial charge on any atom is 0.326 e. The Kier molecular flexibility index (Phi) is 5.38. The number of aryl methyl sites for hydroxylation is 1. The number of imidazole rings is 2. The van der Waals surface area contributed by atoms with Crippen molar-refractivity contribution in [3.8, 4) is 0 Å². The van der Waals surface area contributed by atoms with Gasteiger partial charge in [0.25, 0.3) is 0 Å². The molecule has 5 heterocycles. The minimum absolute atomic E-state index is 0.0997. The van der Waals surface area contributed by atoms with E-state index in [0.717, 1.165) is 41.0 Å². The molecule has 0 atom stereocenters. The maximum absolute atomic E-state index is 12.9. The molecule has 1 aliphatic heterocycles. The van der Waals surface area contributed by atoms with Crippen LogP contribution >= 0.6 is 11.6 Å². The predicted molar refractivity (Wildman–Crippen MR) is 127 cm³/mol. The topological polar surface area (TPSA) is 97.5 Å². The van der Waals surface area contributed by atoms with Crippen LogP contribution in [0, 0.1) is 0 Å². The van der Waals surface area contributed by atoms with Crippen molar-refractivity contribution in [2.75, 3.05) is 26.3 Å².